The molecule has 1 aliphatic rings. The van der Waals surface area contributed by atoms with Crippen LogP contribution in [0, 0.1) is 23.7 Å². The molecule has 350 valence electrons. The number of benzene rings is 2. The monoisotopic (exact) mass is 878 g/mol. The third kappa shape index (κ3) is 13.7. The topological polar surface area (TPSA) is 164 Å². The van der Waals surface area contributed by atoms with Crippen LogP contribution in [0.5, 0.6) is 0 Å². The molecule has 2 aromatic carbocycles. The van der Waals surface area contributed by atoms with Crippen molar-refractivity contribution in [3.63, 3.8) is 0 Å². The van der Waals surface area contributed by atoms with E-state index in [1.54, 1.807) is 62.1 Å². The third-order valence-corrected chi connectivity index (χ3v) is 12.7. The second kappa shape index (κ2) is 24.4. The van der Waals surface area contributed by atoms with Crippen LogP contribution < -0.4 is 10.6 Å². The van der Waals surface area contributed by atoms with Crippen LogP contribution in [-0.2, 0) is 33.4 Å². The van der Waals surface area contributed by atoms with Crippen molar-refractivity contribution in [2.75, 3.05) is 41.9 Å². The fourth-order valence-corrected chi connectivity index (χ4v) is 8.97. The van der Waals surface area contributed by atoms with Crippen molar-refractivity contribution in [3.05, 3.63) is 71.3 Å². The molecule has 63 heavy (non-hydrogen) atoms. The number of amides is 4. The van der Waals surface area contributed by atoms with Crippen LogP contribution in [0.1, 0.15) is 120 Å². The minimum Gasteiger partial charge on any atom is -0.452 e. The van der Waals surface area contributed by atoms with E-state index in [0.29, 0.717) is 36.9 Å². The first-order valence-corrected chi connectivity index (χ1v) is 22.5. The van der Waals surface area contributed by atoms with Gasteiger partial charge in [0.2, 0.25) is 23.6 Å². The molecule has 1 fully saturated rings. The van der Waals surface area contributed by atoms with Gasteiger partial charge in [0.1, 0.15) is 12.1 Å². The summed E-state index contributed by atoms with van der Waals surface area (Å²) >= 11 is 0. The number of esters is 1. The Kier molecular flexibility index (Phi) is 20.4. The maximum atomic E-state index is 14.4. The van der Waals surface area contributed by atoms with E-state index < -0.39 is 60.4 Å². The van der Waals surface area contributed by atoms with Crippen molar-refractivity contribution >= 4 is 35.4 Å². The lowest BCUT2D eigenvalue weighted by atomic mass is 9.89. The molecule has 14 nitrogen and oxygen atoms in total. The number of carbonyl (C=O) groups is 6. The third-order valence-electron chi connectivity index (χ3n) is 12.7. The molecule has 10 atom stereocenters. The van der Waals surface area contributed by atoms with Crippen LogP contribution in [0.4, 0.5) is 0 Å². The molecule has 3 rings (SSSR count). The Labute approximate surface area is 376 Å². The molecule has 1 aliphatic heterocycles. The maximum Gasteiger partial charge on any atom is 0.338 e. The molecule has 2 N–H and O–H groups in total. The highest BCUT2D eigenvalue weighted by atomic mass is 16.5. The van der Waals surface area contributed by atoms with Crippen molar-refractivity contribution in [3.8, 4) is 0 Å². The molecule has 7 unspecified atom stereocenters. The number of nitrogens with zero attached hydrogens (tertiary/aromatic N) is 3. The van der Waals surface area contributed by atoms with Gasteiger partial charge in [0, 0.05) is 33.4 Å². The van der Waals surface area contributed by atoms with Gasteiger partial charge in [-0.25, -0.2) is 4.79 Å². The molecule has 0 aliphatic carbocycles. The Balaban J connectivity index is 1.80. The highest BCUT2D eigenvalue weighted by Gasteiger charge is 2.43. The van der Waals surface area contributed by atoms with Crippen LogP contribution in [-0.4, -0.2) is 134 Å². The van der Waals surface area contributed by atoms with Gasteiger partial charge in [0.05, 0.1) is 54.3 Å². The number of ketones is 1. The summed E-state index contributed by atoms with van der Waals surface area (Å²) in [6.07, 6.45) is -0.131. The first-order valence-electron chi connectivity index (χ1n) is 22.5. The van der Waals surface area contributed by atoms with Gasteiger partial charge in [0.15, 0.2) is 5.78 Å². The van der Waals surface area contributed by atoms with E-state index >= 15 is 0 Å². The van der Waals surface area contributed by atoms with Gasteiger partial charge in [-0.3, -0.25) is 28.9 Å². The lowest BCUT2D eigenvalue weighted by Gasteiger charge is -2.41. The zero-order chi connectivity index (χ0) is 47.3. The van der Waals surface area contributed by atoms with Crippen LogP contribution in [0.15, 0.2) is 54.6 Å². The van der Waals surface area contributed by atoms with Crippen LogP contribution in [0.2, 0.25) is 0 Å². The van der Waals surface area contributed by atoms with Gasteiger partial charge in [-0.1, -0.05) is 97.4 Å². The maximum absolute atomic E-state index is 14.4. The van der Waals surface area contributed by atoms with E-state index in [4.69, 9.17) is 14.2 Å². The summed E-state index contributed by atoms with van der Waals surface area (Å²) < 4.78 is 18.1. The Bertz CT molecular complexity index is 1810. The molecule has 0 spiro atoms. The summed E-state index contributed by atoms with van der Waals surface area (Å²) in [5.41, 5.74) is 1.43. The number of carbonyl (C=O) groups excluding carboxylic acids is 6. The van der Waals surface area contributed by atoms with Gasteiger partial charge in [0.25, 0.3) is 0 Å². The molecule has 1 heterocycles. The number of likely N-dealkylation sites (tertiary alicyclic amines) is 1. The quantitative estimate of drug-likeness (QED) is 0.101. The fraction of sp³-hybridized carbons (Fsp3) is 0.633. The average Bonchev–Trinajstić information content (AvgIpc) is 3.73. The standard InChI is InChI=1S/C49H75N5O9/c1-15-31(6)43(53(12)48(59)41(29(2)3)51-47(58)42(30(4)5)52(10)11)39(61-13)28-40(56)54-27-19-22-38(54)44(62-14)32(7)46(57)50-33(8)45(36-20-17-16-18-21-36)63-49(60)37-25-23-35(24-26-37)34(9)55/h16-18,20-21,23-26,29-33,38-39,41-45H,15,19,22,27-28H2,1-14H3,(H,50,57)(H,51,58)/t31?,32?,33-,38+,39?,41+,42?,43?,44?,45?/m1/s1. The highest BCUT2D eigenvalue weighted by Crippen LogP contribution is 2.31. The summed E-state index contributed by atoms with van der Waals surface area (Å²) in [5, 5.41) is 6.09. The normalized spacial score (nSPS) is 18.4. The zero-order valence-corrected chi connectivity index (χ0v) is 40.2. The SMILES string of the molecule is CCC(C)C(C(CC(=O)N1CCC[C@H]1C(OC)C(C)C(=O)N[C@H](C)C(OC(=O)c1ccc(C(C)=O)cc1)c1ccccc1)OC)N(C)C(=O)[C@@H](NC(=O)C(C(C)C)N(C)C)C(C)C. The molecular formula is C49H75N5O9. The summed E-state index contributed by atoms with van der Waals surface area (Å²) in [6, 6.07) is 12.6. The summed E-state index contributed by atoms with van der Waals surface area (Å²) in [7, 11) is 8.51. The Morgan fingerprint density at radius 3 is 1.90 bits per heavy atom. The molecule has 0 aromatic heterocycles. The van der Waals surface area contributed by atoms with Crippen LogP contribution in [0.3, 0.4) is 0 Å². The number of likely N-dealkylation sites (N-methyl/N-ethyl adjacent to an activating group) is 2. The van der Waals surface area contributed by atoms with E-state index in [-0.39, 0.29) is 59.1 Å². The van der Waals surface area contributed by atoms with Crippen LogP contribution >= 0.6 is 0 Å². The number of nitrogens with one attached hydrogen (secondary N) is 2. The van der Waals surface area contributed by atoms with Crippen molar-refractivity contribution < 1.29 is 43.0 Å². The number of Topliss-reactive ketones (excluding diaryl/α,β-unsaturated/α-hetero) is 1. The van der Waals surface area contributed by atoms with Gasteiger partial charge >= 0.3 is 5.97 Å². The number of ether oxygens (including phenoxy) is 3. The largest absolute Gasteiger partial charge is 0.452 e. The highest BCUT2D eigenvalue weighted by molar-refractivity contribution is 5.96. The van der Waals surface area contributed by atoms with E-state index in [0.717, 1.165) is 0 Å². The van der Waals surface area contributed by atoms with E-state index in [9.17, 15) is 28.8 Å². The Hall–Kier alpha value is -4.66. The number of rotatable bonds is 23. The molecular weight excluding hydrogens is 803 g/mol. The molecule has 0 radical (unpaired) electrons. The average molecular weight is 878 g/mol. The summed E-state index contributed by atoms with van der Waals surface area (Å²) in [6.45, 7) is 17.3. The zero-order valence-electron chi connectivity index (χ0n) is 40.2. The lowest BCUT2D eigenvalue weighted by molar-refractivity contribution is -0.148. The van der Waals surface area contributed by atoms with E-state index in [2.05, 4.69) is 10.6 Å². The van der Waals surface area contributed by atoms with E-state index in [1.807, 2.05) is 90.9 Å². The van der Waals surface area contributed by atoms with Crippen LogP contribution in [0.25, 0.3) is 0 Å². The first kappa shape index (κ1) is 52.7. The van der Waals surface area contributed by atoms with Crippen molar-refractivity contribution in [1.82, 2.24) is 25.3 Å². The van der Waals surface area contributed by atoms with Crippen molar-refractivity contribution in [1.29, 1.82) is 0 Å². The second-order valence-corrected chi connectivity index (χ2v) is 18.1. The Morgan fingerprint density at radius 2 is 1.40 bits per heavy atom. The second-order valence-electron chi connectivity index (χ2n) is 18.1. The van der Waals surface area contributed by atoms with Crippen molar-refractivity contribution in [2.45, 2.75) is 137 Å². The van der Waals surface area contributed by atoms with Gasteiger partial charge in [-0.05, 0) is 76.2 Å². The van der Waals surface area contributed by atoms with Gasteiger partial charge in [-0.2, -0.15) is 0 Å². The van der Waals surface area contributed by atoms with Gasteiger partial charge in [-0.15, -0.1) is 0 Å². The number of hydrogen-bond donors (Lipinski definition) is 2. The predicted octanol–water partition coefficient (Wildman–Crippen LogP) is 5.94. The molecule has 0 saturated carbocycles. The minimum atomic E-state index is -0.843. The first-order chi connectivity index (χ1) is 29.7. The van der Waals surface area contributed by atoms with Crippen molar-refractivity contribution in [2.24, 2.45) is 23.7 Å². The number of methoxy groups -OCH3 is 2. The summed E-state index contributed by atoms with van der Waals surface area (Å²) in [4.78, 5) is 86.7. The van der Waals surface area contributed by atoms with E-state index in [1.165, 1.54) is 14.0 Å². The molecule has 2 aromatic rings. The molecule has 4 amide bonds. The lowest BCUT2D eigenvalue weighted by Crippen LogP contribution is -2.59. The smallest absolute Gasteiger partial charge is 0.338 e. The predicted molar refractivity (Wildman–Crippen MR) is 244 cm³/mol. The fourth-order valence-electron chi connectivity index (χ4n) is 8.97. The molecule has 1 saturated heterocycles. The Morgan fingerprint density at radius 1 is 0.794 bits per heavy atom. The minimum absolute atomic E-state index is 0.00989. The molecule has 0 bridgehead atoms. The number of hydrogen-bond acceptors (Lipinski definition) is 10. The summed E-state index contributed by atoms with van der Waals surface area (Å²) in [5.74, 6) is -2.62. The molecule has 14 heteroatoms. The van der Waals surface area contributed by atoms with Gasteiger partial charge < -0.3 is 34.6 Å².